The summed E-state index contributed by atoms with van der Waals surface area (Å²) >= 11 is 3.53. The van der Waals surface area contributed by atoms with Crippen LogP contribution in [-0.2, 0) is 0 Å². The number of carbonyl (C=O) groups is 1. The molecule has 0 aromatic heterocycles. The maximum Gasteiger partial charge on any atom is 0.210 e. The van der Waals surface area contributed by atoms with Crippen molar-refractivity contribution in [2.24, 2.45) is 22.6 Å². The van der Waals surface area contributed by atoms with Crippen LogP contribution in [0.3, 0.4) is 0 Å². The molecule has 0 unspecified atom stereocenters. The van der Waals surface area contributed by atoms with Crippen molar-refractivity contribution in [3.8, 4) is 0 Å². The summed E-state index contributed by atoms with van der Waals surface area (Å²) < 4.78 is 57.6. The van der Waals surface area contributed by atoms with Crippen LogP contribution in [0.1, 0.15) is 93.5 Å². The van der Waals surface area contributed by atoms with Gasteiger partial charge in [0.1, 0.15) is 29.6 Å². The van der Waals surface area contributed by atoms with Crippen molar-refractivity contribution in [2.75, 3.05) is 19.5 Å². The van der Waals surface area contributed by atoms with Crippen LogP contribution in [0.4, 0.5) is 17.6 Å². The van der Waals surface area contributed by atoms with Crippen LogP contribution < -0.4 is 11.1 Å². The zero-order valence-corrected chi connectivity index (χ0v) is 33.3. The Labute approximate surface area is 326 Å². The molecule has 0 aliphatic rings. The average molecular weight is 776 g/mol. The van der Waals surface area contributed by atoms with Gasteiger partial charge in [-0.15, -0.1) is 0 Å². The highest BCUT2D eigenvalue weighted by Gasteiger charge is 2.18. The molecule has 6 nitrogen and oxygen atoms in total. The fourth-order valence-corrected chi connectivity index (χ4v) is 4.62. The number of hydrogen-bond donors (Lipinski definition) is 5. The predicted molar refractivity (Wildman–Crippen MR) is 218 cm³/mol. The van der Waals surface area contributed by atoms with E-state index in [9.17, 15) is 27.5 Å². The molecule has 0 fully saturated rings. The van der Waals surface area contributed by atoms with Crippen LogP contribution in [0, 0.1) is 35.1 Å². The largest absolute Gasteiger partial charge is 0.395 e. The maximum absolute atomic E-state index is 13.2. The first-order chi connectivity index (χ1) is 26.3. The Balaban J connectivity index is 0.000000714. The standard InChI is InChI=1S/C14H22FNO.C12H16FNO.C9H12FN.C7H5FO.CH4S/c1-4-13(16-14(9-17)10(2)3)11-6-5-7-12(15)8-11;1-9(2)12(8-15)14-7-10-4-3-5-11(13)6-10;1-2-9(11)7-4-3-5-8(10)6-7;8-7-3-1-2-6(4-7)5-9;1-2/h5-8,10,13-14,16-17H,4,9H2,1-3H3;3-7,9,12,15H,8H2,1-2H3;3-6,9H,2,11H2,1H3;1-5H;2H,1H3/t13-,14+;12-;9-;;/m101../s1/i;15T;;;. The number of nitrogens with two attached hydrogens (primary N) is 1. The highest BCUT2D eigenvalue weighted by atomic mass is 32.1. The lowest BCUT2D eigenvalue weighted by Crippen LogP contribution is -2.39. The number of aliphatic hydroxyl groups excluding tert-OH is 2. The van der Waals surface area contributed by atoms with Gasteiger partial charge in [-0.1, -0.05) is 90.1 Å². The molecule has 298 valence electrons. The van der Waals surface area contributed by atoms with Gasteiger partial charge in [0.15, 0.2) is 0 Å². The fourth-order valence-electron chi connectivity index (χ4n) is 4.62. The lowest BCUT2D eigenvalue weighted by Gasteiger charge is -2.26. The van der Waals surface area contributed by atoms with Crippen LogP contribution >= 0.6 is 12.6 Å². The molecule has 0 saturated carbocycles. The van der Waals surface area contributed by atoms with Crippen molar-refractivity contribution in [3.63, 3.8) is 0 Å². The number of aldehydes is 1. The predicted octanol–water partition coefficient (Wildman–Crippen LogP) is 9.56. The summed E-state index contributed by atoms with van der Waals surface area (Å²) in [5.41, 5.74) is 8.59. The first-order valence-corrected chi connectivity index (χ1v) is 18.8. The highest BCUT2D eigenvalue weighted by Crippen LogP contribution is 2.20. The van der Waals surface area contributed by atoms with Crippen molar-refractivity contribution in [3.05, 3.63) is 143 Å². The number of aliphatic imine (C=N–C) groups is 1. The van der Waals surface area contributed by atoms with Crippen LogP contribution in [0.15, 0.2) is 102 Å². The lowest BCUT2D eigenvalue weighted by molar-refractivity contribution is 0.112. The Bertz CT molecular complexity index is 1630. The Morgan fingerprint density at radius 1 is 0.741 bits per heavy atom. The third-order valence-corrected chi connectivity index (χ3v) is 7.98. The quantitative estimate of drug-likeness (QED) is 0.0380. The monoisotopic (exact) mass is 775 g/mol. The van der Waals surface area contributed by atoms with E-state index in [-0.39, 0.29) is 66.6 Å². The van der Waals surface area contributed by atoms with Crippen molar-refractivity contribution in [2.45, 2.75) is 78.6 Å². The Hall–Kier alpha value is -3.87. The molecule has 4 aromatic carbocycles. The summed E-state index contributed by atoms with van der Waals surface area (Å²) in [6, 6.07) is 24.9. The first kappa shape index (κ1) is 48.1. The summed E-state index contributed by atoms with van der Waals surface area (Å²) in [4.78, 5) is 14.3. The van der Waals surface area contributed by atoms with Gasteiger partial charge in [-0.2, -0.15) is 12.6 Å². The van der Waals surface area contributed by atoms with Gasteiger partial charge in [0.05, 0.1) is 19.3 Å². The molecule has 0 spiro atoms. The number of rotatable bonds is 14. The van der Waals surface area contributed by atoms with E-state index in [2.05, 4.69) is 48.8 Å². The maximum atomic E-state index is 13.2. The van der Waals surface area contributed by atoms with Gasteiger partial charge < -0.3 is 21.3 Å². The van der Waals surface area contributed by atoms with Gasteiger partial charge in [0.25, 0.3) is 0 Å². The van der Waals surface area contributed by atoms with Crippen molar-refractivity contribution >= 4 is 25.1 Å². The number of nitrogens with zero attached hydrogens (tertiary/aromatic N) is 1. The molecule has 4 atom stereocenters. The number of thiol groups is 1. The van der Waals surface area contributed by atoms with E-state index in [1.165, 1.54) is 48.5 Å². The lowest BCUT2D eigenvalue weighted by atomic mass is 9.99. The smallest absolute Gasteiger partial charge is 0.210 e. The molecule has 0 aliphatic carbocycles. The summed E-state index contributed by atoms with van der Waals surface area (Å²) in [5.74, 6) is -0.446. The molecule has 4 aromatic rings. The molecule has 0 heterocycles. The van der Waals surface area contributed by atoms with Crippen molar-refractivity contribution in [1.29, 1.82) is 1.43 Å². The molecule has 4 rings (SSSR count). The van der Waals surface area contributed by atoms with Crippen LogP contribution in [0.25, 0.3) is 0 Å². The second kappa shape index (κ2) is 29.5. The molecule has 0 aliphatic heterocycles. The number of halogens is 4. The molecule has 54 heavy (non-hydrogen) atoms. The normalized spacial score (nSPS) is 13.0. The number of aliphatic hydroxyl groups is 2. The van der Waals surface area contributed by atoms with E-state index in [0.717, 1.165) is 29.5 Å². The summed E-state index contributed by atoms with van der Waals surface area (Å²) in [5, 5.41) is 17.0. The Morgan fingerprint density at radius 2 is 1.22 bits per heavy atom. The minimum Gasteiger partial charge on any atom is -0.395 e. The molecule has 5 N–H and O–H groups in total. The molecule has 0 amide bonds. The van der Waals surface area contributed by atoms with E-state index in [1.807, 2.05) is 32.9 Å². The van der Waals surface area contributed by atoms with Crippen LogP contribution in [-0.4, -0.2) is 55.7 Å². The number of nitrogens with one attached hydrogen (secondary N) is 1. The van der Waals surface area contributed by atoms with Gasteiger partial charge in [-0.3, -0.25) is 9.79 Å². The zero-order valence-electron chi connectivity index (χ0n) is 33.4. The van der Waals surface area contributed by atoms with E-state index in [4.69, 9.17) is 7.16 Å². The van der Waals surface area contributed by atoms with Crippen molar-refractivity contribution in [1.82, 2.24) is 5.32 Å². The van der Waals surface area contributed by atoms with Crippen LogP contribution in [0.2, 0.25) is 0 Å². The van der Waals surface area contributed by atoms with Crippen LogP contribution in [0.5, 0.6) is 0 Å². The second-order valence-electron chi connectivity index (χ2n) is 12.8. The molecule has 0 bridgehead atoms. The van der Waals surface area contributed by atoms with Gasteiger partial charge >= 0.3 is 0 Å². The third kappa shape index (κ3) is 21.1. The average Bonchev–Trinajstić information content (AvgIpc) is 3.18. The van der Waals surface area contributed by atoms with E-state index < -0.39 is 0 Å². The summed E-state index contributed by atoms with van der Waals surface area (Å²) in [6.45, 7) is 12.5. The summed E-state index contributed by atoms with van der Waals surface area (Å²) in [6.07, 6.45) is 5.63. The number of carbonyl (C=O) groups excluding carboxylic acids is 1. The number of hydrogen-bond acceptors (Lipinski definition) is 7. The Morgan fingerprint density at radius 3 is 1.63 bits per heavy atom. The van der Waals surface area contributed by atoms with Gasteiger partial charge in [0, 0.05) is 29.9 Å². The van der Waals surface area contributed by atoms with Gasteiger partial charge in [-0.05, 0) is 96.2 Å². The fraction of sp³-hybridized carbons (Fsp3) is 0.395. The molecule has 11 heteroatoms. The van der Waals surface area contributed by atoms with E-state index in [1.54, 1.807) is 48.9 Å². The second-order valence-corrected chi connectivity index (χ2v) is 12.8. The Kier molecular flexibility index (Phi) is 26.3. The van der Waals surface area contributed by atoms with Gasteiger partial charge in [0.2, 0.25) is 1.43 Å². The topological polar surface area (TPSA) is 108 Å². The SMILES string of the molecule is CC[C@@H](N)c1cccc(F)c1.CC[C@@H](N[C@@H](CO)C(C)C)c1cccc(F)c1.CS.O=Cc1cccc(F)c1.[3H]OC[C@H](N=Cc1cccc(F)c1)C(C)C. The molecule has 0 saturated heterocycles. The third-order valence-electron chi connectivity index (χ3n) is 7.98. The number of benzene rings is 4. The summed E-state index contributed by atoms with van der Waals surface area (Å²) in [7, 11) is 0. The minimum atomic E-state index is -0.375. The molecule has 0 radical (unpaired) electrons. The highest BCUT2D eigenvalue weighted by molar-refractivity contribution is 7.79. The van der Waals surface area contributed by atoms with E-state index >= 15 is 0 Å². The zero-order chi connectivity index (χ0) is 41.8. The first-order valence-electron chi connectivity index (χ1n) is 18.3. The van der Waals surface area contributed by atoms with E-state index in [0.29, 0.717) is 17.8 Å². The van der Waals surface area contributed by atoms with Crippen molar-refractivity contribution < 1.29 is 32.6 Å². The molecular formula is C43H59F4N3O3S. The minimum absolute atomic E-state index is 0.0364. The van der Waals surface area contributed by atoms with Gasteiger partial charge in [-0.25, -0.2) is 17.6 Å². The molecular weight excluding hydrogens is 715 g/mol.